The van der Waals surface area contributed by atoms with Crippen molar-refractivity contribution in [2.24, 2.45) is 0 Å². The Labute approximate surface area is 120 Å². The normalized spacial score (nSPS) is 23.8. The highest BCUT2D eigenvalue weighted by Gasteiger charge is 2.20. The summed E-state index contributed by atoms with van der Waals surface area (Å²) in [5.74, 6) is 0.937. The Hall–Kier alpha value is -1.10. The first-order chi connectivity index (χ1) is 9.72. The summed E-state index contributed by atoms with van der Waals surface area (Å²) in [4.78, 5) is 4.82. The van der Waals surface area contributed by atoms with Crippen LogP contribution in [0.15, 0.2) is 18.2 Å². The Morgan fingerprint density at radius 2 is 2.05 bits per heavy atom. The minimum absolute atomic E-state index is 0.274. The lowest BCUT2D eigenvalue weighted by molar-refractivity contribution is 0.133. The molecule has 1 aliphatic carbocycles. The van der Waals surface area contributed by atoms with Crippen LogP contribution in [0.25, 0.3) is 0 Å². The van der Waals surface area contributed by atoms with Crippen LogP contribution in [0.3, 0.4) is 0 Å². The summed E-state index contributed by atoms with van der Waals surface area (Å²) < 4.78 is 5.86. The number of benzene rings is 1. The standard InChI is InChI=1S/C16H24N2O2/c1-17-6-8-18(9-7-17)10-11-20-14-3-4-15-13(12-14)2-5-16(15)19/h3-4,12,16,19H,2,5-11H2,1H3/t16-/m0/s1. The summed E-state index contributed by atoms with van der Waals surface area (Å²) in [6.07, 6.45) is 1.54. The van der Waals surface area contributed by atoms with Crippen LogP contribution in [0.5, 0.6) is 5.75 Å². The number of piperazine rings is 1. The predicted molar refractivity (Wildman–Crippen MR) is 79.2 cm³/mol. The number of fused-ring (bicyclic) bond motifs is 1. The van der Waals surface area contributed by atoms with E-state index in [0.29, 0.717) is 0 Å². The molecule has 1 aromatic rings. The van der Waals surface area contributed by atoms with Crippen LogP contribution in [0.2, 0.25) is 0 Å². The van der Waals surface area contributed by atoms with E-state index in [-0.39, 0.29) is 6.10 Å². The second-order valence-corrected chi connectivity index (χ2v) is 5.91. The number of aliphatic hydroxyl groups excluding tert-OH is 1. The van der Waals surface area contributed by atoms with Crippen LogP contribution in [0.4, 0.5) is 0 Å². The van der Waals surface area contributed by atoms with Gasteiger partial charge in [-0.1, -0.05) is 6.07 Å². The lowest BCUT2D eigenvalue weighted by atomic mass is 10.1. The number of aliphatic hydroxyl groups is 1. The number of likely N-dealkylation sites (N-methyl/N-ethyl adjacent to an activating group) is 1. The second-order valence-electron chi connectivity index (χ2n) is 5.91. The van der Waals surface area contributed by atoms with Gasteiger partial charge < -0.3 is 14.7 Å². The van der Waals surface area contributed by atoms with Gasteiger partial charge in [0.05, 0.1) is 6.10 Å². The topological polar surface area (TPSA) is 35.9 Å². The maximum atomic E-state index is 9.79. The van der Waals surface area contributed by atoms with Gasteiger partial charge in [0.2, 0.25) is 0 Å². The van der Waals surface area contributed by atoms with Crippen molar-refractivity contribution in [3.05, 3.63) is 29.3 Å². The van der Waals surface area contributed by atoms with Crippen molar-refractivity contribution >= 4 is 0 Å². The molecule has 0 unspecified atom stereocenters. The Morgan fingerprint density at radius 3 is 2.85 bits per heavy atom. The summed E-state index contributed by atoms with van der Waals surface area (Å²) in [7, 11) is 2.17. The van der Waals surface area contributed by atoms with Crippen molar-refractivity contribution in [1.82, 2.24) is 9.80 Å². The molecule has 0 bridgehead atoms. The third kappa shape index (κ3) is 3.14. The van der Waals surface area contributed by atoms with E-state index in [9.17, 15) is 5.11 Å². The number of hydrogen-bond acceptors (Lipinski definition) is 4. The van der Waals surface area contributed by atoms with Crippen LogP contribution in [0.1, 0.15) is 23.7 Å². The fraction of sp³-hybridized carbons (Fsp3) is 0.625. The number of aryl methyl sites for hydroxylation is 1. The lowest BCUT2D eigenvalue weighted by Crippen LogP contribution is -2.45. The molecule has 1 atom stereocenters. The van der Waals surface area contributed by atoms with Gasteiger partial charge in [0, 0.05) is 32.7 Å². The van der Waals surface area contributed by atoms with Crippen molar-refractivity contribution < 1.29 is 9.84 Å². The molecule has 1 N–H and O–H groups in total. The first-order valence-electron chi connectivity index (χ1n) is 7.57. The van der Waals surface area contributed by atoms with E-state index in [1.54, 1.807) is 0 Å². The summed E-state index contributed by atoms with van der Waals surface area (Å²) in [6.45, 7) is 6.30. The lowest BCUT2D eigenvalue weighted by Gasteiger charge is -2.32. The smallest absolute Gasteiger partial charge is 0.119 e. The first-order valence-corrected chi connectivity index (χ1v) is 7.57. The van der Waals surface area contributed by atoms with Gasteiger partial charge in [-0.05, 0) is 43.1 Å². The van der Waals surface area contributed by atoms with Crippen LogP contribution < -0.4 is 4.74 Å². The van der Waals surface area contributed by atoms with Gasteiger partial charge in [-0.25, -0.2) is 0 Å². The van der Waals surface area contributed by atoms with Gasteiger partial charge in [0.15, 0.2) is 0 Å². The molecule has 4 nitrogen and oxygen atoms in total. The third-order valence-corrected chi connectivity index (χ3v) is 4.43. The number of rotatable bonds is 4. The Morgan fingerprint density at radius 1 is 1.25 bits per heavy atom. The summed E-state index contributed by atoms with van der Waals surface area (Å²) in [6, 6.07) is 6.09. The van der Waals surface area contributed by atoms with Crippen molar-refractivity contribution in [1.29, 1.82) is 0 Å². The highest BCUT2D eigenvalue weighted by atomic mass is 16.5. The van der Waals surface area contributed by atoms with E-state index in [1.165, 1.54) is 5.56 Å². The van der Waals surface area contributed by atoms with Gasteiger partial charge in [-0.3, -0.25) is 4.90 Å². The van der Waals surface area contributed by atoms with E-state index < -0.39 is 0 Å². The van der Waals surface area contributed by atoms with Crippen LogP contribution in [0, 0.1) is 0 Å². The third-order valence-electron chi connectivity index (χ3n) is 4.43. The first kappa shape index (κ1) is 13.9. The second kappa shape index (κ2) is 6.12. The predicted octanol–water partition coefficient (Wildman–Crippen LogP) is 1.29. The molecule has 0 radical (unpaired) electrons. The molecule has 1 aromatic carbocycles. The maximum absolute atomic E-state index is 9.79. The summed E-state index contributed by atoms with van der Waals surface area (Å²) >= 11 is 0. The molecular weight excluding hydrogens is 252 g/mol. The van der Waals surface area contributed by atoms with Crippen molar-refractivity contribution in [2.45, 2.75) is 18.9 Å². The SMILES string of the molecule is CN1CCN(CCOc2ccc3c(c2)CC[C@@H]3O)CC1. The van der Waals surface area contributed by atoms with E-state index in [4.69, 9.17) is 4.74 Å². The molecule has 20 heavy (non-hydrogen) atoms. The number of ether oxygens (including phenoxy) is 1. The highest BCUT2D eigenvalue weighted by molar-refractivity contribution is 5.39. The zero-order valence-electron chi connectivity index (χ0n) is 12.2. The van der Waals surface area contributed by atoms with E-state index >= 15 is 0 Å². The molecule has 4 heteroatoms. The molecule has 0 amide bonds. The molecule has 110 valence electrons. The molecule has 1 aliphatic heterocycles. The average Bonchev–Trinajstić information content (AvgIpc) is 2.82. The molecule has 0 aromatic heterocycles. The molecule has 2 aliphatic rings. The average molecular weight is 276 g/mol. The molecule has 1 saturated heterocycles. The Balaban J connectivity index is 1.47. The van der Waals surface area contributed by atoms with Gasteiger partial charge in [-0.2, -0.15) is 0 Å². The van der Waals surface area contributed by atoms with Crippen LogP contribution in [-0.2, 0) is 6.42 Å². The van der Waals surface area contributed by atoms with Gasteiger partial charge in [-0.15, -0.1) is 0 Å². The molecular formula is C16H24N2O2. The summed E-state index contributed by atoms with van der Waals surface area (Å²) in [5, 5.41) is 9.79. The van der Waals surface area contributed by atoms with Crippen LogP contribution in [-0.4, -0.2) is 61.3 Å². The maximum Gasteiger partial charge on any atom is 0.119 e. The van der Waals surface area contributed by atoms with Gasteiger partial charge >= 0.3 is 0 Å². The Bertz CT molecular complexity index is 456. The summed E-state index contributed by atoms with van der Waals surface area (Å²) in [5.41, 5.74) is 2.33. The zero-order valence-corrected chi connectivity index (χ0v) is 12.2. The quantitative estimate of drug-likeness (QED) is 0.899. The minimum Gasteiger partial charge on any atom is -0.492 e. The zero-order chi connectivity index (χ0) is 13.9. The fourth-order valence-corrected chi connectivity index (χ4v) is 3.03. The largest absolute Gasteiger partial charge is 0.492 e. The van der Waals surface area contributed by atoms with Crippen molar-refractivity contribution in [2.75, 3.05) is 46.4 Å². The van der Waals surface area contributed by atoms with Crippen molar-refractivity contribution in [3.8, 4) is 5.75 Å². The fourth-order valence-electron chi connectivity index (χ4n) is 3.03. The van der Waals surface area contributed by atoms with Crippen LogP contribution >= 0.6 is 0 Å². The number of nitrogens with zero attached hydrogens (tertiary/aromatic N) is 2. The minimum atomic E-state index is -0.274. The molecule has 3 rings (SSSR count). The van der Waals surface area contributed by atoms with E-state index in [1.807, 2.05) is 12.1 Å². The monoisotopic (exact) mass is 276 g/mol. The van der Waals surface area contributed by atoms with E-state index in [0.717, 1.165) is 63.5 Å². The van der Waals surface area contributed by atoms with Gasteiger partial charge in [0.1, 0.15) is 12.4 Å². The molecule has 1 fully saturated rings. The molecule has 0 spiro atoms. The number of hydrogen-bond donors (Lipinski definition) is 1. The molecule has 0 saturated carbocycles. The Kier molecular flexibility index (Phi) is 4.24. The van der Waals surface area contributed by atoms with E-state index in [2.05, 4.69) is 22.9 Å². The highest BCUT2D eigenvalue weighted by Crippen LogP contribution is 2.33. The van der Waals surface area contributed by atoms with Crippen molar-refractivity contribution in [3.63, 3.8) is 0 Å². The molecule has 1 heterocycles. The van der Waals surface area contributed by atoms with Gasteiger partial charge in [0.25, 0.3) is 0 Å².